The second-order valence-corrected chi connectivity index (χ2v) is 9.17. The summed E-state index contributed by atoms with van der Waals surface area (Å²) in [7, 11) is 0. The van der Waals surface area contributed by atoms with Gasteiger partial charge in [0.15, 0.2) is 5.78 Å². The van der Waals surface area contributed by atoms with Crippen molar-refractivity contribution in [1.82, 2.24) is 0 Å². The quantitative estimate of drug-likeness (QED) is 0.429. The summed E-state index contributed by atoms with van der Waals surface area (Å²) in [5.74, 6) is -0.500. The Hall–Kier alpha value is -3.29. The summed E-state index contributed by atoms with van der Waals surface area (Å²) >= 11 is 4.81. The highest BCUT2D eigenvalue weighted by molar-refractivity contribution is 9.10. The van der Waals surface area contributed by atoms with E-state index in [1.165, 1.54) is 16.8 Å². The van der Waals surface area contributed by atoms with Crippen LogP contribution in [0.2, 0.25) is 0 Å². The van der Waals surface area contributed by atoms with Gasteiger partial charge in [0.25, 0.3) is 5.91 Å². The standard InChI is InChI=1S/C26H18BrN3O2S/c1-33-24-20(22(31)19-14-8-9-15-21(19)27)16-26(28-24)23(17-10-4-2-5-11-17)29-30(25(26)32)18-12-6-3-7-13-18/h2-16H,1H3/t26-/m1/s1. The fourth-order valence-corrected chi connectivity index (χ4v) is 5.04. The first kappa shape index (κ1) is 21.6. The SMILES string of the molecule is CSC1=N[C@@]2(C=C1C(=O)c1ccccc1Br)C(=O)N(c1ccccc1)N=C2c1ccccc1. The van der Waals surface area contributed by atoms with Crippen LogP contribution in [0, 0.1) is 0 Å². The van der Waals surface area contributed by atoms with Crippen LogP contribution >= 0.6 is 27.7 Å². The van der Waals surface area contributed by atoms with Gasteiger partial charge in [0.05, 0.1) is 11.3 Å². The molecule has 162 valence electrons. The first-order valence-electron chi connectivity index (χ1n) is 10.3. The van der Waals surface area contributed by atoms with Crippen molar-refractivity contribution in [2.24, 2.45) is 10.1 Å². The van der Waals surface area contributed by atoms with Crippen LogP contribution in [0.1, 0.15) is 15.9 Å². The number of rotatable bonds is 4. The first-order chi connectivity index (χ1) is 16.0. The molecule has 0 aromatic heterocycles. The van der Waals surface area contributed by atoms with Gasteiger partial charge in [0, 0.05) is 15.6 Å². The largest absolute Gasteiger partial charge is 0.288 e. The van der Waals surface area contributed by atoms with E-state index < -0.39 is 5.54 Å². The van der Waals surface area contributed by atoms with Crippen molar-refractivity contribution in [3.05, 3.63) is 112 Å². The van der Waals surface area contributed by atoms with Crippen molar-refractivity contribution in [3.63, 3.8) is 0 Å². The smallest absolute Gasteiger partial charge is 0.285 e. The van der Waals surface area contributed by atoms with E-state index in [0.29, 0.717) is 32.1 Å². The third kappa shape index (κ3) is 3.57. The number of para-hydroxylation sites is 1. The maximum absolute atomic E-state index is 13.9. The number of hydrogen-bond donors (Lipinski definition) is 0. The molecule has 2 heterocycles. The van der Waals surface area contributed by atoms with Crippen molar-refractivity contribution in [3.8, 4) is 0 Å². The van der Waals surface area contributed by atoms with Crippen LogP contribution in [-0.2, 0) is 4.79 Å². The number of benzene rings is 3. The van der Waals surface area contributed by atoms with Gasteiger partial charge in [0.1, 0.15) is 10.8 Å². The molecule has 1 amide bonds. The molecule has 3 aromatic rings. The van der Waals surface area contributed by atoms with Crippen LogP contribution in [0.5, 0.6) is 0 Å². The van der Waals surface area contributed by atoms with Gasteiger partial charge >= 0.3 is 0 Å². The van der Waals surface area contributed by atoms with E-state index in [9.17, 15) is 9.59 Å². The summed E-state index contributed by atoms with van der Waals surface area (Å²) in [5, 5.41) is 6.61. The normalized spacial score (nSPS) is 19.5. The molecule has 5 rings (SSSR count). The molecule has 7 heteroatoms. The summed E-state index contributed by atoms with van der Waals surface area (Å²) in [4.78, 5) is 32.2. The number of anilines is 1. The monoisotopic (exact) mass is 515 g/mol. The molecule has 33 heavy (non-hydrogen) atoms. The van der Waals surface area contributed by atoms with Gasteiger partial charge in [-0.25, -0.2) is 0 Å². The zero-order valence-corrected chi connectivity index (χ0v) is 20.0. The van der Waals surface area contributed by atoms with Crippen molar-refractivity contribution < 1.29 is 9.59 Å². The number of amides is 1. The van der Waals surface area contributed by atoms with Crippen molar-refractivity contribution in [2.75, 3.05) is 11.3 Å². The summed E-state index contributed by atoms with van der Waals surface area (Å²) in [5.41, 5.74) is 1.44. The van der Waals surface area contributed by atoms with Gasteiger partial charge in [-0.2, -0.15) is 10.1 Å². The number of hydrogen-bond acceptors (Lipinski definition) is 5. The van der Waals surface area contributed by atoms with E-state index in [2.05, 4.69) is 15.9 Å². The molecule has 0 unspecified atom stereocenters. The molecule has 0 aliphatic carbocycles. The fourth-order valence-electron chi connectivity index (χ4n) is 3.97. The average Bonchev–Trinajstić information content (AvgIpc) is 3.38. The Balaban J connectivity index is 1.69. The van der Waals surface area contributed by atoms with E-state index in [-0.39, 0.29) is 11.7 Å². The number of hydrazone groups is 1. The van der Waals surface area contributed by atoms with Gasteiger partial charge < -0.3 is 0 Å². The third-order valence-electron chi connectivity index (χ3n) is 5.55. The van der Waals surface area contributed by atoms with E-state index in [1.807, 2.05) is 85.1 Å². The van der Waals surface area contributed by atoms with Crippen LogP contribution in [0.25, 0.3) is 0 Å². The van der Waals surface area contributed by atoms with Crippen LogP contribution in [0.4, 0.5) is 5.69 Å². The lowest BCUT2D eigenvalue weighted by Crippen LogP contribution is -2.42. The molecule has 3 aromatic carbocycles. The highest BCUT2D eigenvalue weighted by Crippen LogP contribution is 2.40. The molecule has 2 aliphatic heterocycles. The third-order valence-corrected chi connectivity index (χ3v) is 6.93. The number of aliphatic imine (C=N–C) groups is 1. The van der Waals surface area contributed by atoms with Gasteiger partial charge in [-0.1, -0.05) is 76.6 Å². The summed E-state index contributed by atoms with van der Waals surface area (Å²) < 4.78 is 0.693. The predicted molar refractivity (Wildman–Crippen MR) is 137 cm³/mol. The minimum absolute atomic E-state index is 0.189. The topological polar surface area (TPSA) is 62.1 Å². The van der Waals surface area contributed by atoms with Gasteiger partial charge in [-0.3, -0.25) is 14.6 Å². The summed E-state index contributed by atoms with van der Waals surface area (Å²) in [6.07, 6.45) is 3.53. The molecule has 0 fully saturated rings. The minimum atomic E-state index is -1.40. The van der Waals surface area contributed by atoms with E-state index in [1.54, 1.807) is 12.1 Å². The van der Waals surface area contributed by atoms with Gasteiger partial charge in [0.2, 0.25) is 5.54 Å². The molecule has 1 atom stereocenters. The Kier molecular flexibility index (Phi) is 5.60. The minimum Gasteiger partial charge on any atom is -0.288 e. The Morgan fingerprint density at radius 3 is 2.24 bits per heavy atom. The van der Waals surface area contributed by atoms with E-state index in [0.717, 1.165) is 5.56 Å². The summed E-state index contributed by atoms with van der Waals surface area (Å²) in [6.45, 7) is 0. The molecule has 2 aliphatic rings. The van der Waals surface area contributed by atoms with E-state index >= 15 is 0 Å². The molecule has 0 radical (unpaired) electrons. The average molecular weight is 516 g/mol. The molecule has 0 bridgehead atoms. The Labute approximate surface area is 204 Å². The summed E-state index contributed by atoms with van der Waals surface area (Å²) in [6, 6.07) is 26.0. The van der Waals surface area contributed by atoms with Crippen molar-refractivity contribution in [2.45, 2.75) is 5.54 Å². The molecular formula is C26H18BrN3O2S. The number of halogens is 1. The lowest BCUT2D eigenvalue weighted by molar-refractivity contribution is -0.119. The highest BCUT2D eigenvalue weighted by atomic mass is 79.9. The maximum Gasteiger partial charge on any atom is 0.285 e. The predicted octanol–water partition coefficient (Wildman–Crippen LogP) is 5.52. The Morgan fingerprint density at radius 1 is 0.939 bits per heavy atom. The van der Waals surface area contributed by atoms with Gasteiger partial charge in [-0.15, -0.1) is 11.8 Å². The second kappa shape index (κ2) is 8.57. The molecule has 1 spiro atoms. The molecular weight excluding hydrogens is 498 g/mol. The Morgan fingerprint density at radius 2 is 1.58 bits per heavy atom. The molecule has 0 saturated carbocycles. The zero-order valence-electron chi connectivity index (χ0n) is 17.6. The Bertz CT molecular complexity index is 1350. The number of thioether (sulfide) groups is 1. The van der Waals surface area contributed by atoms with Crippen LogP contribution in [-0.4, -0.2) is 34.2 Å². The number of Topliss-reactive ketones (excluding diaryl/α,β-unsaturated/α-hetero) is 1. The van der Waals surface area contributed by atoms with Gasteiger partial charge in [-0.05, 0) is 36.6 Å². The van der Waals surface area contributed by atoms with E-state index in [4.69, 9.17) is 10.1 Å². The second-order valence-electron chi connectivity index (χ2n) is 7.52. The van der Waals surface area contributed by atoms with Crippen LogP contribution in [0.15, 0.2) is 111 Å². The fraction of sp³-hybridized carbons (Fsp3) is 0.0769. The highest BCUT2D eigenvalue weighted by Gasteiger charge is 2.54. The molecule has 0 saturated heterocycles. The van der Waals surface area contributed by atoms with Crippen LogP contribution in [0.3, 0.4) is 0 Å². The number of ketones is 1. The van der Waals surface area contributed by atoms with Crippen LogP contribution < -0.4 is 5.01 Å². The first-order valence-corrected chi connectivity index (χ1v) is 12.3. The zero-order chi connectivity index (χ0) is 23.0. The number of carbonyl (C=O) groups is 2. The molecule has 5 nitrogen and oxygen atoms in total. The number of nitrogens with zero attached hydrogens (tertiary/aromatic N) is 3. The van der Waals surface area contributed by atoms with Crippen molar-refractivity contribution in [1.29, 1.82) is 0 Å². The van der Waals surface area contributed by atoms with Crippen molar-refractivity contribution >= 4 is 55.8 Å². The lowest BCUT2D eigenvalue weighted by Gasteiger charge is -2.19. The maximum atomic E-state index is 13.9. The molecule has 0 N–H and O–H groups in total. The number of carbonyl (C=O) groups excluding carboxylic acids is 2. The lowest BCUT2D eigenvalue weighted by atomic mass is 9.88.